The number of hydrogen-bond donors (Lipinski definition) is 1. The molecule has 1 saturated heterocycles. The van der Waals surface area contributed by atoms with Crippen LogP contribution in [-0.2, 0) is 11.2 Å². The van der Waals surface area contributed by atoms with Crippen molar-refractivity contribution in [3.05, 3.63) is 28.2 Å². The molecule has 0 aromatic heterocycles. The van der Waals surface area contributed by atoms with E-state index in [-0.39, 0.29) is 11.8 Å². The Labute approximate surface area is 116 Å². The Morgan fingerprint density at radius 3 is 2.94 bits per heavy atom. The maximum absolute atomic E-state index is 12.1. The lowest BCUT2D eigenvalue weighted by Crippen LogP contribution is -2.41. The second-order valence-corrected chi connectivity index (χ2v) is 5.47. The maximum atomic E-state index is 12.1. The summed E-state index contributed by atoms with van der Waals surface area (Å²) in [7, 11) is 1.64. The van der Waals surface area contributed by atoms with E-state index in [1.807, 2.05) is 18.2 Å². The average molecular weight is 312 g/mol. The van der Waals surface area contributed by atoms with Gasteiger partial charge >= 0.3 is 0 Å². The molecule has 1 fully saturated rings. The third-order valence-electron chi connectivity index (χ3n) is 3.29. The van der Waals surface area contributed by atoms with Crippen molar-refractivity contribution in [3.63, 3.8) is 0 Å². The maximum Gasteiger partial charge on any atom is 0.154 e. The molecule has 1 aromatic rings. The molecule has 1 aliphatic rings. The zero-order chi connectivity index (χ0) is 13.0. The van der Waals surface area contributed by atoms with Gasteiger partial charge in [-0.05, 0) is 53.0 Å². The fourth-order valence-corrected chi connectivity index (χ4v) is 2.86. The number of nitrogens with one attached hydrogen (secondary N) is 1. The minimum absolute atomic E-state index is 0.0413. The predicted molar refractivity (Wildman–Crippen MR) is 75.0 cm³/mol. The average Bonchev–Trinajstić information content (AvgIpc) is 2.40. The van der Waals surface area contributed by atoms with Gasteiger partial charge in [0.05, 0.1) is 17.6 Å². The van der Waals surface area contributed by atoms with E-state index >= 15 is 0 Å². The number of methoxy groups -OCH3 is 1. The summed E-state index contributed by atoms with van der Waals surface area (Å²) < 4.78 is 6.07. The van der Waals surface area contributed by atoms with Crippen molar-refractivity contribution in [3.8, 4) is 5.75 Å². The molecule has 0 saturated carbocycles. The second kappa shape index (κ2) is 6.34. The number of rotatable bonds is 4. The predicted octanol–water partition coefficient (Wildman–Crippen LogP) is 2.71. The highest BCUT2D eigenvalue weighted by Gasteiger charge is 2.20. The lowest BCUT2D eigenvalue weighted by Gasteiger charge is -2.22. The van der Waals surface area contributed by atoms with E-state index in [0.717, 1.165) is 35.2 Å². The number of benzene rings is 1. The standard InChI is InChI=1S/C14H18BrNO2/c1-18-14-6-5-10(8-11(14)15)9-13(17)12-4-2-3-7-16-12/h5-6,8,12,16H,2-4,7,9H2,1H3. The molecule has 0 bridgehead atoms. The fraction of sp³-hybridized carbons (Fsp3) is 0.500. The minimum atomic E-state index is 0.0413. The second-order valence-electron chi connectivity index (χ2n) is 4.61. The van der Waals surface area contributed by atoms with Crippen LogP contribution in [0.15, 0.2) is 22.7 Å². The first kappa shape index (κ1) is 13.6. The number of ketones is 1. The topological polar surface area (TPSA) is 38.3 Å². The van der Waals surface area contributed by atoms with Crippen LogP contribution in [0.25, 0.3) is 0 Å². The summed E-state index contributed by atoms with van der Waals surface area (Å²) in [5.41, 5.74) is 1.03. The molecule has 1 atom stereocenters. The highest BCUT2D eigenvalue weighted by Crippen LogP contribution is 2.26. The van der Waals surface area contributed by atoms with Gasteiger partial charge in [0, 0.05) is 6.42 Å². The van der Waals surface area contributed by atoms with Crippen LogP contribution in [0, 0.1) is 0 Å². The molecule has 98 valence electrons. The number of piperidine rings is 1. The summed E-state index contributed by atoms with van der Waals surface area (Å²) in [6.07, 6.45) is 3.78. The van der Waals surface area contributed by atoms with Crippen LogP contribution < -0.4 is 10.1 Å². The molecule has 4 heteroatoms. The van der Waals surface area contributed by atoms with Crippen LogP contribution in [0.4, 0.5) is 0 Å². The molecule has 1 unspecified atom stereocenters. The van der Waals surface area contributed by atoms with E-state index in [4.69, 9.17) is 4.74 Å². The first-order valence-corrected chi connectivity index (χ1v) is 7.08. The Morgan fingerprint density at radius 1 is 1.50 bits per heavy atom. The minimum Gasteiger partial charge on any atom is -0.496 e. The van der Waals surface area contributed by atoms with Gasteiger partial charge in [0.25, 0.3) is 0 Å². The Bertz CT molecular complexity index is 428. The zero-order valence-corrected chi connectivity index (χ0v) is 12.1. The van der Waals surface area contributed by atoms with Gasteiger partial charge in [0.1, 0.15) is 5.75 Å². The highest BCUT2D eigenvalue weighted by atomic mass is 79.9. The van der Waals surface area contributed by atoms with E-state index in [1.54, 1.807) is 7.11 Å². The van der Waals surface area contributed by atoms with Gasteiger partial charge in [-0.15, -0.1) is 0 Å². The molecule has 0 spiro atoms. The molecule has 0 radical (unpaired) electrons. The van der Waals surface area contributed by atoms with E-state index in [1.165, 1.54) is 6.42 Å². The SMILES string of the molecule is COc1ccc(CC(=O)C2CCCCN2)cc1Br. The largest absolute Gasteiger partial charge is 0.496 e. The van der Waals surface area contributed by atoms with Crippen LogP contribution in [0.2, 0.25) is 0 Å². The molecule has 18 heavy (non-hydrogen) atoms. The van der Waals surface area contributed by atoms with E-state index in [2.05, 4.69) is 21.2 Å². The number of carbonyl (C=O) groups excluding carboxylic acids is 1. The summed E-state index contributed by atoms with van der Waals surface area (Å²) in [5.74, 6) is 1.08. The molecule has 2 rings (SSSR count). The van der Waals surface area contributed by atoms with E-state index in [0.29, 0.717) is 6.42 Å². The van der Waals surface area contributed by atoms with Crippen LogP contribution in [0.1, 0.15) is 24.8 Å². The Kier molecular flexibility index (Phi) is 4.78. The van der Waals surface area contributed by atoms with Gasteiger partial charge in [0.15, 0.2) is 5.78 Å². The normalized spacial score (nSPS) is 19.6. The Hall–Kier alpha value is -0.870. The molecule has 0 amide bonds. The number of ether oxygens (including phenoxy) is 1. The van der Waals surface area contributed by atoms with Gasteiger partial charge in [0.2, 0.25) is 0 Å². The summed E-state index contributed by atoms with van der Waals surface area (Å²) in [4.78, 5) is 12.1. The van der Waals surface area contributed by atoms with E-state index in [9.17, 15) is 4.79 Å². The molecular formula is C14H18BrNO2. The molecule has 1 heterocycles. The van der Waals surface area contributed by atoms with Crippen molar-refractivity contribution in [2.75, 3.05) is 13.7 Å². The van der Waals surface area contributed by atoms with Crippen LogP contribution in [0.5, 0.6) is 5.75 Å². The quantitative estimate of drug-likeness (QED) is 0.929. The van der Waals surface area contributed by atoms with Crippen LogP contribution in [0.3, 0.4) is 0 Å². The first-order chi connectivity index (χ1) is 8.70. The van der Waals surface area contributed by atoms with Gasteiger partial charge in [-0.25, -0.2) is 0 Å². The number of hydrogen-bond acceptors (Lipinski definition) is 3. The van der Waals surface area contributed by atoms with Crippen molar-refractivity contribution >= 4 is 21.7 Å². The molecule has 1 aliphatic heterocycles. The molecule has 3 nitrogen and oxygen atoms in total. The van der Waals surface area contributed by atoms with Crippen molar-refractivity contribution in [1.29, 1.82) is 0 Å². The number of halogens is 1. The first-order valence-electron chi connectivity index (χ1n) is 6.29. The Morgan fingerprint density at radius 2 is 2.33 bits per heavy atom. The zero-order valence-electron chi connectivity index (χ0n) is 10.5. The fourth-order valence-electron chi connectivity index (χ4n) is 2.27. The number of Topliss-reactive ketones (excluding diaryl/α,β-unsaturated/α-hetero) is 1. The van der Waals surface area contributed by atoms with Crippen molar-refractivity contribution in [2.24, 2.45) is 0 Å². The molecule has 1 aromatic carbocycles. The van der Waals surface area contributed by atoms with Crippen molar-refractivity contribution < 1.29 is 9.53 Å². The van der Waals surface area contributed by atoms with Crippen LogP contribution >= 0.6 is 15.9 Å². The molecular weight excluding hydrogens is 294 g/mol. The van der Waals surface area contributed by atoms with Gasteiger partial charge in [-0.1, -0.05) is 12.5 Å². The van der Waals surface area contributed by atoms with Gasteiger partial charge in [-0.2, -0.15) is 0 Å². The number of carbonyl (C=O) groups is 1. The van der Waals surface area contributed by atoms with E-state index < -0.39 is 0 Å². The summed E-state index contributed by atoms with van der Waals surface area (Å²) >= 11 is 3.44. The third kappa shape index (κ3) is 3.33. The van der Waals surface area contributed by atoms with Crippen molar-refractivity contribution in [2.45, 2.75) is 31.7 Å². The van der Waals surface area contributed by atoms with Gasteiger partial charge < -0.3 is 10.1 Å². The highest BCUT2D eigenvalue weighted by molar-refractivity contribution is 9.10. The summed E-state index contributed by atoms with van der Waals surface area (Å²) in [6.45, 7) is 0.961. The smallest absolute Gasteiger partial charge is 0.154 e. The monoisotopic (exact) mass is 311 g/mol. The lowest BCUT2D eigenvalue weighted by molar-refractivity contribution is -0.120. The molecule has 0 aliphatic carbocycles. The summed E-state index contributed by atoms with van der Waals surface area (Å²) in [6, 6.07) is 5.84. The van der Waals surface area contributed by atoms with Gasteiger partial charge in [-0.3, -0.25) is 4.79 Å². The Balaban J connectivity index is 2.00. The molecule has 1 N–H and O–H groups in total. The lowest BCUT2D eigenvalue weighted by atomic mass is 9.97. The third-order valence-corrected chi connectivity index (χ3v) is 3.91. The van der Waals surface area contributed by atoms with Crippen LogP contribution in [-0.4, -0.2) is 25.5 Å². The van der Waals surface area contributed by atoms with Crippen molar-refractivity contribution in [1.82, 2.24) is 5.32 Å². The summed E-state index contributed by atoms with van der Waals surface area (Å²) in [5, 5.41) is 3.29.